The average Bonchev–Trinajstić information content (AvgIpc) is 3.70. The molecular formula is C44H27NOS. The molecule has 220 valence electrons. The number of hydrogen-bond acceptors (Lipinski definition) is 3. The van der Waals surface area contributed by atoms with Crippen molar-refractivity contribution in [3.05, 3.63) is 164 Å². The Bertz CT molecular complexity index is 2810. The molecule has 10 aromatic rings. The highest BCUT2D eigenvalue weighted by atomic mass is 32.1. The number of para-hydroxylation sites is 1. The van der Waals surface area contributed by atoms with Gasteiger partial charge in [0.1, 0.15) is 11.2 Å². The summed E-state index contributed by atoms with van der Waals surface area (Å²) in [7, 11) is 0. The molecule has 0 radical (unpaired) electrons. The Morgan fingerprint density at radius 1 is 0.404 bits per heavy atom. The van der Waals surface area contributed by atoms with Crippen LogP contribution in [0.2, 0.25) is 0 Å². The normalized spacial score (nSPS) is 11.8. The number of thiophene rings is 1. The van der Waals surface area contributed by atoms with Crippen LogP contribution in [0.15, 0.2) is 168 Å². The molecule has 47 heavy (non-hydrogen) atoms. The molecule has 2 nitrogen and oxygen atoms in total. The second-order valence-corrected chi connectivity index (χ2v) is 13.2. The summed E-state index contributed by atoms with van der Waals surface area (Å²) in [5, 5.41) is 9.88. The lowest BCUT2D eigenvalue weighted by Gasteiger charge is -2.27. The van der Waals surface area contributed by atoms with Crippen molar-refractivity contribution in [2.24, 2.45) is 0 Å². The first-order valence-corrected chi connectivity index (χ1v) is 16.7. The fourth-order valence-electron chi connectivity index (χ4n) is 7.21. The van der Waals surface area contributed by atoms with Crippen LogP contribution in [0.4, 0.5) is 17.1 Å². The molecule has 0 saturated heterocycles. The van der Waals surface area contributed by atoms with Gasteiger partial charge in [-0.3, -0.25) is 0 Å². The van der Waals surface area contributed by atoms with Crippen LogP contribution >= 0.6 is 11.3 Å². The van der Waals surface area contributed by atoms with E-state index in [2.05, 4.69) is 157 Å². The van der Waals surface area contributed by atoms with Crippen molar-refractivity contribution in [1.29, 1.82) is 0 Å². The Labute approximate surface area is 275 Å². The van der Waals surface area contributed by atoms with Gasteiger partial charge in [0.2, 0.25) is 0 Å². The van der Waals surface area contributed by atoms with Crippen LogP contribution in [0.5, 0.6) is 0 Å². The van der Waals surface area contributed by atoms with Gasteiger partial charge >= 0.3 is 0 Å². The Morgan fingerprint density at radius 2 is 1.06 bits per heavy atom. The van der Waals surface area contributed by atoms with E-state index in [4.69, 9.17) is 4.42 Å². The quantitative estimate of drug-likeness (QED) is 0.183. The summed E-state index contributed by atoms with van der Waals surface area (Å²) in [6.07, 6.45) is 0. The summed E-state index contributed by atoms with van der Waals surface area (Å²) in [6.45, 7) is 0. The van der Waals surface area contributed by atoms with Crippen LogP contribution in [0.3, 0.4) is 0 Å². The third kappa shape index (κ3) is 4.17. The molecule has 3 heteroatoms. The van der Waals surface area contributed by atoms with Gasteiger partial charge in [0.15, 0.2) is 0 Å². The van der Waals surface area contributed by atoms with Gasteiger partial charge in [0.05, 0.1) is 5.69 Å². The summed E-state index contributed by atoms with van der Waals surface area (Å²) in [4.78, 5) is 2.43. The van der Waals surface area contributed by atoms with Gasteiger partial charge in [-0.15, -0.1) is 11.3 Å². The van der Waals surface area contributed by atoms with Gasteiger partial charge in [-0.05, 0) is 93.3 Å². The van der Waals surface area contributed by atoms with Gasteiger partial charge < -0.3 is 9.32 Å². The summed E-state index contributed by atoms with van der Waals surface area (Å²) in [5.41, 5.74) is 7.54. The van der Waals surface area contributed by atoms with Crippen molar-refractivity contribution in [3.63, 3.8) is 0 Å². The zero-order valence-electron chi connectivity index (χ0n) is 25.4. The molecule has 2 heterocycles. The Kier molecular flexibility index (Phi) is 5.78. The number of rotatable bonds is 4. The largest absolute Gasteiger partial charge is 0.456 e. The lowest BCUT2D eigenvalue weighted by molar-refractivity contribution is 0.669. The summed E-state index contributed by atoms with van der Waals surface area (Å²) in [5.74, 6) is 0. The number of nitrogens with zero attached hydrogens (tertiary/aromatic N) is 1. The first kappa shape index (κ1) is 26.3. The minimum Gasteiger partial charge on any atom is -0.456 e. The Morgan fingerprint density at radius 3 is 1.96 bits per heavy atom. The van der Waals surface area contributed by atoms with Crippen LogP contribution in [0.1, 0.15) is 0 Å². The number of hydrogen-bond donors (Lipinski definition) is 0. The molecule has 0 saturated carbocycles. The predicted molar refractivity (Wildman–Crippen MR) is 202 cm³/mol. The van der Waals surface area contributed by atoms with Crippen LogP contribution in [-0.4, -0.2) is 0 Å². The monoisotopic (exact) mass is 617 g/mol. The molecule has 2 aromatic heterocycles. The van der Waals surface area contributed by atoms with Crippen molar-refractivity contribution in [2.45, 2.75) is 0 Å². The summed E-state index contributed by atoms with van der Waals surface area (Å²) in [6, 6.07) is 59.2. The third-order valence-electron chi connectivity index (χ3n) is 9.45. The summed E-state index contributed by atoms with van der Waals surface area (Å²) < 4.78 is 8.81. The minimum absolute atomic E-state index is 0.911. The van der Waals surface area contributed by atoms with E-state index in [-0.39, 0.29) is 0 Å². The van der Waals surface area contributed by atoms with Crippen LogP contribution in [0, 0.1) is 0 Å². The molecule has 0 unspecified atom stereocenters. The predicted octanol–water partition coefficient (Wildman–Crippen LogP) is 13.4. The first-order chi connectivity index (χ1) is 23.3. The Hall–Kier alpha value is -5.90. The Balaban J connectivity index is 1.16. The summed E-state index contributed by atoms with van der Waals surface area (Å²) >= 11 is 1.85. The number of anilines is 3. The molecule has 0 spiro atoms. The molecule has 8 aromatic carbocycles. The minimum atomic E-state index is 0.911. The highest BCUT2D eigenvalue weighted by molar-refractivity contribution is 7.26. The fraction of sp³-hybridized carbons (Fsp3) is 0. The van der Waals surface area contributed by atoms with E-state index in [9.17, 15) is 0 Å². The first-order valence-electron chi connectivity index (χ1n) is 15.9. The van der Waals surface area contributed by atoms with E-state index >= 15 is 0 Å². The van der Waals surface area contributed by atoms with E-state index in [1.165, 1.54) is 47.4 Å². The second-order valence-electron chi connectivity index (χ2n) is 12.1. The lowest BCUT2D eigenvalue weighted by Crippen LogP contribution is -2.10. The number of benzene rings is 8. The zero-order valence-corrected chi connectivity index (χ0v) is 26.2. The molecule has 0 fully saturated rings. The van der Waals surface area contributed by atoms with Crippen LogP contribution in [-0.2, 0) is 0 Å². The second kappa shape index (κ2) is 10.3. The fourth-order valence-corrected chi connectivity index (χ4v) is 8.33. The molecule has 0 atom stereocenters. The zero-order chi connectivity index (χ0) is 30.9. The lowest BCUT2D eigenvalue weighted by atomic mass is 10.00. The molecular weight excluding hydrogens is 591 g/mol. The van der Waals surface area contributed by atoms with Gasteiger partial charge in [0, 0.05) is 42.3 Å². The van der Waals surface area contributed by atoms with Crippen molar-refractivity contribution in [3.8, 4) is 11.1 Å². The van der Waals surface area contributed by atoms with Gasteiger partial charge in [-0.2, -0.15) is 0 Å². The van der Waals surface area contributed by atoms with E-state index in [0.29, 0.717) is 0 Å². The maximum absolute atomic E-state index is 6.22. The number of furan rings is 1. The maximum Gasteiger partial charge on any atom is 0.136 e. The highest BCUT2D eigenvalue weighted by Crippen LogP contribution is 2.46. The van der Waals surface area contributed by atoms with E-state index in [1.54, 1.807) is 0 Å². The molecule has 0 bridgehead atoms. The third-order valence-corrected chi connectivity index (χ3v) is 10.6. The van der Waals surface area contributed by atoms with Gasteiger partial charge in [-0.25, -0.2) is 0 Å². The average molecular weight is 618 g/mol. The van der Waals surface area contributed by atoms with E-state index in [0.717, 1.165) is 44.4 Å². The molecule has 0 amide bonds. The van der Waals surface area contributed by atoms with Crippen molar-refractivity contribution in [1.82, 2.24) is 0 Å². The van der Waals surface area contributed by atoms with Crippen molar-refractivity contribution < 1.29 is 4.42 Å². The molecule has 0 aliphatic heterocycles. The number of fused-ring (bicyclic) bond motifs is 9. The SMILES string of the molecule is c1ccc2c(c1)ccc1ccc(N(c3ccc(-c4ccc5c(c4)oc4ccccc45)cc3)c3cccc4sc5ccccc5c34)cc12. The smallest absolute Gasteiger partial charge is 0.136 e. The van der Waals surface area contributed by atoms with Crippen LogP contribution < -0.4 is 4.90 Å². The van der Waals surface area contributed by atoms with Crippen LogP contribution in [0.25, 0.3) is 74.8 Å². The highest BCUT2D eigenvalue weighted by Gasteiger charge is 2.19. The van der Waals surface area contributed by atoms with Gasteiger partial charge in [-0.1, -0.05) is 103 Å². The topological polar surface area (TPSA) is 16.4 Å². The maximum atomic E-state index is 6.22. The standard InChI is InChI=1S/C44H27NOS/c1-2-9-34-29(8-1)16-17-30-20-24-33(27-38(30)34)45(39-12-7-15-43-44(39)37-11-4-6-14-42(37)47-43)32-22-18-28(19-23-32)31-21-25-36-35-10-3-5-13-40(35)46-41(36)26-31/h1-27H. The van der Waals surface area contributed by atoms with Gasteiger partial charge in [0.25, 0.3) is 0 Å². The molecule has 0 aliphatic carbocycles. The van der Waals surface area contributed by atoms with Crippen molar-refractivity contribution in [2.75, 3.05) is 4.90 Å². The van der Waals surface area contributed by atoms with E-state index < -0.39 is 0 Å². The van der Waals surface area contributed by atoms with E-state index in [1.807, 2.05) is 23.5 Å². The molecule has 10 rings (SSSR count). The van der Waals surface area contributed by atoms with Crippen molar-refractivity contribution >= 4 is 92.1 Å². The molecule has 0 aliphatic rings. The molecule has 0 N–H and O–H groups in total.